The molecule has 0 N–H and O–H groups in total. The van der Waals surface area contributed by atoms with E-state index < -0.39 is 0 Å². The van der Waals surface area contributed by atoms with Gasteiger partial charge in [0.2, 0.25) is 0 Å². The van der Waals surface area contributed by atoms with E-state index in [1.54, 1.807) is 12.3 Å². The molecule has 1 saturated heterocycles. The zero-order chi connectivity index (χ0) is 9.10. The molecule has 1 fully saturated rings. The van der Waals surface area contributed by atoms with Crippen LogP contribution in [0.1, 0.15) is 23.3 Å². The number of aldehydes is 1. The fourth-order valence-corrected chi connectivity index (χ4v) is 1.63. The molecule has 0 spiro atoms. The molecule has 1 aromatic heterocycles. The first kappa shape index (κ1) is 8.23. The van der Waals surface area contributed by atoms with Crippen LogP contribution in [-0.2, 0) is 0 Å². The fourth-order valence-electron chi connectivity index (χ4n) is 1.63. The van der Waals surface area contributed by atoms with E-state index in [9.17, 15) is 4.79 Å². The quantitative estimate of drug-likeness (QED) is 0.640. The van der Waals surface area contributed by atoms with Crippen molar-refractivity contribution in [1.29, 1.82) is 0 Å². The number of hydrogen-bond donors (Lipinski definition) is 0. The second-order valence-electron chi connectivity index (χ2n) is 3.25. The van der Waals surface area contributed by atoms with Crippen molar-refractivity contribution in [3.8, 4) is 0 Å². The van der Waals surface area contributed by atoms with Crippen molar-refractivity contribution >= 4 is 12.0 Å². The minimum atomic E-state index is 0.503. The number of carbonyl (C=O) groups excluding carboxylic acids is 1. The highest BCUT2D eigenvalue weighted by molar-refractivity contribution is 5.72. The third-order valence-electron chi connectivity index (χ3n) is 2.36. The van der Waals surface area contributed by atoms with Crippen molar-refractivity contribution in [3.05, 3.63) is 24.0 Å². The Morgan fingerprint density at radius 2 is 2.08 bits per heavy atom. The predicted molar refractivity (Wildman–Crippen MR) is 51.1 cm³/mol. The molecule has 0 aromatic carbocycles. The maximum Gasteiger partial charge on any atom is 0.168 e. The number of carbonyl (C=O) groups is 1. The van der Waals surface area contributed by atoms with Gasteiger partial charge in [-0.1, -0.05) is 0 Å². The van der Waals surface area contributed by atoms with Crippen LogP contribution in [0.15, 0.2) is 18.3 Å². The normalized spacial score (nSPS) is 16.2. The van der Waals surface area contributed by atoms with Crippen molar-refractivity contribution < 1.29 is 4.79 Å². The van der Waals surface area contributed by atoms with Gasteiger partial charge in [0.05, 0.1) is 11.9 Å². The Kier molecular flexibility index (Phi) is 2.25. The van der Waals surface area contributed by atoms with Gasteiger partial charge in [-0.15, -0.1) is 0 Å². The van der Waals surface area contributed by atoms with Crippen molar-refractivity contribution in [2.24, 2.45) is 0 Å². The Bertz CT molecular complexity index is 288. The number of pyridine rings is 1. The molecule has 0 bridgehead atoms. The molecule has 2 rings (SSSR count). The molecule has 3 nitrogen and oxygen atoms in total. The van der Waals surface area contributed by atoms with Crippen LogP contribution >= 0.6 is 0 Å². The predicted octanol–water partition coefficient (Wildman–Crippen LogP) is 1.49. The van der Waals surface area contributed by atoms with Gasteiger partial charge in [0.15, 0.2) is 6.29 Å². The van der Waals surface area contributed by atoms with E-state index in [-0.39, 0.29) is 0 Å². The molecule has 1 aliphatic heterocycles. The van der Waals surface area contributed by atoms with Crippen molar-refractivity contribution in [2.75, 3.05) is 18.0 Å². The summed E-state index contributed by atoms with van der Waals surface area (Å²) in [7, 11) is 0. The minimum Gasteiger partial charge on any atom is -0.370 e. The molecule has 1 aromatic rings. The molecule has 0 saturated carbocycles. The summed E-state index contributed by atoms with van der Waals surface area (Å²) >= 11 is 0. The van der Waals surface area contributed by atoms with Crippen molar-refractivity contribution in [2.45, 2.75) is 12.8 Å². The first-order valence-electron chi connectivity index (χ1n) is 4.56. The molecule has 0 radical (unpaired) electrons. The van der Waals surface area contributed by atoms with Gasteiger partial charge in [0, 0.05) is 13.1 Å². The molecule has 68 valence electrons. The molecular weight excluding hydrogens is 164 g/mol. The molecule has 1 aliphatic rings. The third kappa shape index (κ3) is 1.69. The lowest BCUT2D eigenvalue weighted by Gasteiger charge is -2.16. The molecule has 0 aliphatic carbocycles. The summed E-state index contributed by atoms with van der Waals surface area (Å²) in [4.78, 5) is 16.7. The average molecular weight is 176 g/mol. The van der Waals surface area contributed by atoms with Crippen LogP contribution in [0.2, 0.25) is 0 Å². The van der Waals surface area contributed by atoms with Gasteiger partial charge in [-0.05, 0) is 25.0 Å². The third-order valence-corrected chi connectivity index (χ3v) is 2.36. The van der Waals surface area contributed by atoms with Crippen LogP contribution in [0, 0.1) is 0 Å². The van der Waals surface area contributed by atoms with Gasteiger partial charge in [-0.25, -0.2) is 0 Å². The molecular formula is C10H12N2O. The lowest BCUT2D eigenvalue weighted by atomic mass is 10.3. The van der Waals surface area contributed by atoms with Gasteiger partial charge < -0.3 is 4.90 Å². The molecule has 13 heavy (non-hydrogen) atoms. The summed E-state index contributed by atoms with van der Waals surface area (Å²) < 4.78 is 0. The van der Waals surface area contributed by atoms with E-state index in [1.165, 1.54) is 12.8 Å². The Hall–Kier alpha value is -1.38. The van der Waals surface area contributed by atoms with E-state index in [4.69, 9.17) is 0 Å². The van der Waals surface area contributed by atoms with Crippen LogP contribution in [-0.4, -0.2) is 24.4 Å². The highest BCUT2D eigenvalue weighted by atomic mass is 16.1. The fraction of sp³-hybridized carbons (Fsp3) is 0.400. The average Bonchev–Trinajstić information content (AvgIpc) is 2.71. The molecule has 2 heterocycles. The Labute approximate surface area is 77.4 Å². The molecule has 0 unspecified atom stereocenters. The maximum absolute atomic E-state index is 10.4. The monoisotopic (exact) mass is 176 g/mol. The number of nitrogens with zero attached hydrogens (tertiary/aromatic N) is 2. The highest BCUT2D eigenvalue weighted by Crippen LogP contribution is 2.18. The standard InChI is InChI=1S/C10H12N2O/c13-8-9-3-4-10(7-11-9)12-5-1-2-6-12/h3-4,7-8H,1-2,5-6H2. The van der Waals surface area contributed by atoms with Crippen LogP contribution < -0.4 is 4.90 Å². The van der Waals surface area contributed by atoms with Crippen molar-refractivity contribution in [1.82, 2.24) is 4.98 Å². The lowest BCUT2D eigenvalue weighted by Crippen LogP contribution is -2.17. The van der Waals surface area contributed by atoms with E-state index in [0.717, 1.165) is 25.1 Å². The number of hydrogen-bond acceptors (Lipinski definition) is 3. The van der Waals surface area contributed by atoms with Crippen molar-refractivity contribution in [3.63, 3.8) is 0 Å². The molecule has 0 amide bonds. The van der Waals surface area contributed by atoms with Gasteiger partial charge in [0.25, 0.3) is 0 Å². The maximum atomic E-state index is 10.4. The summed E-state index contributed by atoms with van der Waals surface area (Å²) in [5.41, 5.74) is 1.63. The smallest absolute Gasteiger partial charge is 0.168 e. The summed E-state index contributed by atoms with van der Waals surface area (Å²) in [6.45, 7) is 2.23. The van der Waals surface area contributed by atoms with E-state index in [1.807, 2.05) is 6.07 Å². The minimum absolute atomic E-state index is 0.503. The Morgan fingerprint density at radius 3 is 2.62 bits per heavy atom. The summed E-state index contributed by atoms with van der Waals surface area (Å²) in [5, 5.41) is 0. The Morgan fingerprint density at radius 1 is 1.31 bits per heavy atom. The van der Waals surface area contributed by atoms with E-state index in [2.05, 4.69) is 9.88 Å². The second-order valence-corrected chi connectivity index (χ2v) is 3.25. The van der Waals surface area contributed by atoms with Gasteiger partial charge >= 0.3 is 0 Å². The van der Waals surface area contributed by atoms with Crippen LogP contribution in [0.4, 0.5) is 5.69 Å². The number of aromatic nitrogens is 1. The summed E-state index contributed by atoms with van der Waals surface area (Å²) in [6, 6.07) is 3.72. The van der Waals surface area contributed by atoms with Gasteiger partial charge in [0.1, 0.15) is 5.69 Å². The number of anilines is 1. The molecule has 3 heteroatoms. The second kappa shape index (κ2) is 3.56. The molecule has 0 atom stereocenters. The summed E-state index contributed by atoms with van der Waals surface area (Å²) in [5.74, 6) is 0. The number of rotatable bonds is 2. The van der Waals surface area contributed by atoms with E-state index >= 15 is 0 Å². The van der Waals surface area contributed by atoms with E-state index in [0.29, 0.717) is 5.69 Å². The highest BCUT2D eigenvalue weighted by Gasteiger charge is 2.11. The van der Waals surface area contributed by atoms with Gasteiger partial charge in [-0.3, -0.25) is 9.78 Å². The zero-order valence-electron chi connectivity index (χ0n) is 7.44. The summed E-state index contributed by atoms with van der Waals surface area (Å²) in [6.07, 6.45) is 5.06. The van der Waals surface area contributed by atoms with Crippen LogP contribution in [0.5, 0.6) is 0 Å². The Balaban J connectivity index is 2.16. The lowest BCUT2D eigenvalue weighted by molar-refractivity contribution is 0.111. The van der Waals surface area contributed by atoms with Crippen LogP contribution in [0.3, 0.4) is 0 Å². The largest absolute Gasteiger partial charge is 0.370 e. The SMILES string of the molecule is O=Cc1ccc(N2CCCC2)cn1. The van der Waals surface area contributed by atoms with Gasteiger partial charge in [-0.2, -0.15) is 0 Å². The zero-order valence-corrected chi connectivity index (χ0v) is 7.44. The van der Waals surface area contributed by atoms with Crippen LogP contribution in [0.25, 0.3) is 0 Å². The first-order valence-corrected chi connectivity index (χ1v) is 4.56. The first-order chi connectivity index (χ1) is 6.40. The topological polar surface area (TPSA) is 33.2 Å².